The van der Waals surface area contributed by atoms with E-state index in [9.17, 15) is 24.9 Å². The minimum absolute atomic E-state index is 0.0127. The van der Waals surface area contributed by atoms with Crippen molar-refractivity contribution in [2.45, 2.75) is 95.2 Å². The number of aliphatic carboxylic acids is 1. The lowest BCUT2D eigenvalue weighted by atomic mass is 9.79. The van der Waals surface area contributed by atoms with E-state index in [2.05, 4.69) is 13.2 Å². The van der Waals surface area contributed by atoms with Crippen molar-refractivity contribution in [3.8, 4) is 0 Å². The van der Waals surface area contributed by atoms with E-state index in [1.54, 1.807) is 6.92 Å². The van der Waals surface area contributed by atoms with Crippen LogP contribution in [0.4, 0.5) is 0 Å². The summed E-state index contributed by atoms with van der Waals surface area (Å²) in [5.74, 6) is -2.17. The highest BCUT2D eigenvalue weighted by atomic mass is 16.6. The van der Waals surface area contributed by atoms with Crippen molar-refractivity contribution >= 4 is 11.9 Å². The molecule has 164 valence electrons. The monoisotopic (exact) mass is 410 g/mol. The fourth-order valence-electron chi connectivity index (χ4n) is 4.32. The fraction of sp³-hybridized carbons (Fsp3) is 0.727. The SMILES string of the molecule is C=C(C(=O)O)[C@@H]1CC[C@@](C)(O)[C@@H](OC(C)=O)CCC(=C)[C@H]2CC[C@@](C)(O2)[C@H](O)C1. The Morgan fingerprint density at radius 3 is 2.45 bits per heavy atom. The number of carbonyl (C=O) groups excluding carboxylic acids is 1. The standard InChI is InChI=1S/C22H34O7/c1-13-6-7-19(28-15(3)23)21(4,27)10-8-16(14(2)20(25)26)12-18(24)22(5)11-9-17(13)29-22/h16-19,24,27H,1-2,6-12H2,3-5H3,(H,25,26)/t16-,17-,18-,19+,21-,22-/m1/s1. The first kappa shape index (κ1) is 23.6. The second kappa shape index (κ2) is 8.98. The van der Waals surface area contributed by atoms with E-state index in [-0.39, 0.29) is 30.9 Å². The van der Waals surface area contributed by atoms with Gasteiger partial charge in [0.2, 0.25) is 0 Å². The van der Waals surface area contributed by atoms with Crippen LogP contribution in [0.1, 0.15) is 65.7 Å². The second-order valence-electron chi connectivity index (χ2n) is 8.93. The predicted octanol–water partition coefficient (Wildman–Crippen LogP) is 2.75. The molecule has 0 unspecified atom stereocenters. The Balaban J connectivity index is 2.35. The van der Waals surface area contributed by atoms with Crippen molar-refractivity contribution in [3.63, 3.8) is 0 Å². The Labute approximate surface area is 172 Å². The minimum Gasteiger partial charge on any atom is -0.478 e. The van der Waals surface area contributed by atoms with Crippen molar-refractivity contribution in [1.29, 1.82) is 0 Å². The molecule has 0 saturated carbocycles. The van der Waals surface area contributed by atoms with Gasteiger partial charge in [-0.2, -0.15) is 0 Å². The van der Waals surface area contributed by atoms with Gasteiger partial charge in [-0.15, -0.1) is 0 Å². The molecule has 2 fully saturated rings. The molecule has 6 atom stereocenters. The van der Waals surface area contributed by atoms with Crippen LogP contribution in [0.15, 0.2) is 24.3 Å². The third-order valence-electron chi connectivity index (χ3n) is 6.48. The summed E-state index contributed by atoms with van der Waals surface area (Å²) in [7, 11) is 0. The van der Waals surface area contributed by atoms with Gasteiger partial charge in [-0.3, -0.25) is 4.79 Å². The van der Waals surface area contributed by atoms with E-state index in [4.69, 9.17) is 9.47 Å². The number of hydrogen-bond acceptors (Lipinski definition) is 6. The van der Waals surface area contributed by atoms with E-state index >= 15 is 0 Å². The van der Waals surface area contributed by atoms with E-state index in [1.165, 1.54) is 6.92 Å². The quantitative estimate of drug-likeness (QED) is 0.372. The summed E-state index contributed by atoms with van der Waals surface area (Å²) in [6, 6.07) is 0. The Morgan fingerprint density at radius 1 is 1.21 bits per heavy atom. The Bertz CT molecular complexity index is 668. The van der Waals surface area contributed by atoms with Gasteiger partial charge in [0.15, 0.2) is 0 Å². The smallest absolute Gasteiger partial charge is 0.331 e. The zero-order chi connectivity index (χ0) is 22.0. The van der Waals surface area contributed by atoms with E-state index < -0.39 is 41.3 Å². The summed E-state index contributed by atoms with van der Waals surface area (Å²) < 4.78 is 11.5. The zero-order valence-corrected chi connectivity index (χ0v) is 17.6. The molecule has 2 rings (SSSR count). The van der Waals surface area contributed by atoms with Gasteiger partial charge in [-0.1, -0.05) is 13.2 Å². The highest BCUT2D eigenvalue weighted by molar-refractivity contribution is 5.86. The van der Waals surface area contributed by atoms with Gasteiger partial charge in [0.25, 0.3) is 0 Å². The van der Waals surface area contributed by atoms with Gasteiger partial charge in [-0.25, -0.2) is 4.79 Å². The number of hydrogen-bond donors (Lipinski definition) is 3. The predicted molar refractivity (Wildman–Crippen MR) is 107 cm³/mol. The topological polar surface area (TPSA) is 113 Å². The highest BCUT2D eigenvalue weighted by Gasteiger charge is 2.45. The first-order valence-electron chi connectivity index (χ1n) is 10.2. The summed E-state index contributed by atoms with van der Waals surface area (Å²) >= 11 is 0. The number of aliphatic hydroxyl groups is 2. The lowest BCUT2D eigenvalue weighted by Gasteiger charge is -2.35. The second-order valence-corrected chi connectivity index (χ2v) is 8.93. The molecule has 0 aromatic rings. The summed E-state index contributed by atoms with van der Waals surface area (Å²) in [4.78, 5) is 23.1. The number of esters is 1. The van der Waals surface area contributed by atoms with Gasteiger partial charge in [0, 0.05) is 12.5 Å². The summed E-state index contributed by atoms with van der Waals surface area (Å²) in [6.45, 7) is 12.5. The molecule has 2 bridgehead atoms. The van der Waals surface area contributed by atoms with Crippen LogP contribution in [0.5, 0.6) is 0 Å². The Kier molecular flexibility index (Phi) is 7.30. The van der Waals surface area contributed by atoms with Crippen LogP contribution < -0.4 is 0 Å². The molecule has 2 saturated heterocycles. The number of rotatable bonds is 3. The molecule has 7 heteroatoms. The largest absolute Gasteiger partial charge is 0.478 e. The normalized spacial score (nSPS) is 39.0. The van der Waals surface area contributed by atoms with Crippen LogP contribution in [0, 0.1) is 5.92 Å². The fourth-order valence-corrected chi connectivity index (χ4v) is 4.32. The number of ether oxygens (including phenoxy) is 2. The summed E-state index contributed by atoms with van der Waals surface area (Å²) in [5, 5.41) is 31.3. The Morgan fingerprint density at radius 2 is 1.86 bits per heavy atom. The number of carboxylic acids is 1. The van der Waals surface area contributed by atoms with Crippen LogP contribution in [0.25, 0.3) is 0 Å². The Hall–Kier alpha value is -1.70. The molecule has 2 aliphatic rings. The average molecular weight is 411 g/mol. The molecule has 0 aromatic carbocycles. The van der Waals surface area contributed by atoms with Crippen LogP contribution in [0.3, 0.4) is 0 Å². The third-order valence-corrected chi connectivity index (χ3v) is 6.48. The molecule has 2 aliphatic heterocycles. The van der Waals surface area contributed by atoms with E-state index in [1.807, 2.05) is 6.92 Å². The minimum atomic E-state index is -1.36. The number of fused-ring (bicyclic) bond motifs is 2. The maximum atomic E-state index is 11.6. The van der Waals surface area contributed by atoms with Crippen molar-refractivity contribution in [1.82, 2.24) is 0 Å². The maximum Gasteiger partial charge on any atom is 0.331 e. The lowest BCUT2D eigenvalue weighted by molar-refractivity contribution is -0.163. The van der Waals surface area contributed by atoms with Crippen LogP contribution in [-0.2, 0) is 19.1 Å². The summed E-state index contributed by atoms with van der Waals surface area (Å²) in [6.07, 6.45) is 1.00. The first-order chi connectivity index (χ1) is 13.4. The highest BCUT2D eigenvalue weighted by Crippen LogP contribution is 2.41. The van der Waals surface area contributed by atoms with Crippen LogP contribution >= 0.6 is 0 Å². The molecule has 0 amide bonds. The molecule has 29 heavy (non-hydrogen) atoms. The molecule has 3 N–H and O–H groups in total. The molecular formula is C22H34O7. The lowest BCUT2D eigenvalue weighted by Crippen LogP contribution is -2.43. The molecule has 0 spiro atoms. The third kappa shape index (κ3) is 5.68. The number of carboxylic acid groups (broad SMARTS) is 1. The van der Waals surface area contributed by atoms with E-state index in [0.717, 1.165) is 5.57 Å². The van der Waals surface area contributed by atoms with Gasteiger partial charge in [-0.05, 0) is 70.3 Å². The number of aliphatic hydroxyl groups excluding tert-OH is 1. The van der Waals surface area contributed by atoms with Crippen molar-refractivity contribution in [2.24, 2.45) is 5.92 Å². The summed E-state index contributed by atoms with van der Waals surface area (Å²) in [5.41, 5.74) is -1.33. The molecule has 7 nitrogen and oxygen atoms in total. The van der Waals surface area contributed by atoms with Crippen molar-refractivity contribution in [2.75, 3.05) is 0 Å². The van der Waals surface area contributed by atoms with Gasteiger partial charge >= 0.3 is 11.9 Å². The maximum absolute atomic E-state index is 11.6. The van der Waals surface area contributed by atoms with Crippen LogP contribution in [0.2, 0.25) is 0 Å². The molecule has 0 aliphatic carbocycles. The molecule has 0 radical (unpaired) electrons. The molecule has 0 aromatic heterocycles. The zero-order valence-electron chi connectivity index (χ0n) is 17.6. The average Bonchev–Trinajstić information content (AvgIpc) is 3.03. The van der Waals surface area contributed by atoms with Crippen LogP contribution in [-0.4, -0.2) is 56.8 Å². The van der Waals surface area contributed by atoms with Gasteiger partial charge in [0.05, 0.1) is 23.4 Å². The van der Waals surface area contributed by atoms with Gasteiger partial charge in [0.1, 0.15) is 6.10 Å². The number of carbonyl (C=O) groups is 2. The van der Waals surface area contributed by atoms with Crippen molar-refractivity contribution < 1.29 is 34.4 Å². The van der Waals surface area contributed by atoms with Gasteiger partial charge < -0.3 is 24.8 Å². The molecule has 2 heterocycles. The van der Waals surface area contributed by atoms with E-state index in [0.29, 0.717) is 25.7 Å². The first-order valence-corrected chi connectivity index (χ1v) is 10.2. The van der Waals surface area contributed by atoms with Crippen molar-refractivity contribution in [3.05, 3.63) is 24.3 Å². The molecular weight excluding hydrogens is 376 g/mol.